The second-order valence-electron chi connectivity index (χ2n) is 3.99. The molecular formula is C12H13Cl2N3O. The van der Waals surface area contributed by atoms with Crippen molar-refractivity contribution in [2.24, 2.45) is 5.73 Å². The van der Waals surface area contributed by atoms with Gasteiger partial charge in [-0.15, -0.1) is 0 Å². The van der Waals surface area contributed by atoms with E-state index >= 15 is 0 Å². The summed E-state index contributed by atoms with van der Waals surface area (Å²) in [5.41, 5.74) is 6.78. The maximum Gasteiger partial charge on any atom is 0.231 e. The molecule has 1 unspecified atom stereocenters. The van der Waals surface area contributed by atoms with Crippen LogP contribution in [0, 0.1) is 0 Å². The summed E-state index contributed by atoms with van der Waals surface area (Å²) in [6, 6.07) is 5.22. The molecule has 0 fully saturated rings. The maximum absolute atomic E-state index is 5.94. The van der Waals surface area contributed by atoms with Crippen molar-refractivity contribution in [2.45, 2.75) is 25.8 Å². The Bertz CT molecular complexity index is 542. The van der Waals surface area contributed by atoms with E-state index < -0.39 is 0 Å². The number of aromatic nitrogens is 2. The van der Waals surface area contributed by atoms with Gasteiger partial charge in [0.15, 0.2) is 5.82 Å². The molecular weight excluding hydrogens is 273 g/mol. The van der Waals surface area contributed by atoms with Crippen LogP contribution in [0.1, 0.15) is 36.7 Å². The van der Waals surface area contributed by atoms with Crippen LogP contribution in [0.15, 0.2) is 22.7 Å². The molecule has 6 heteroatoms. The van der Waals surface area contributed by atoms with Crippen molar-refractivity contribution in [3.8, 4) is 0 Å². The summed E-state index contributed by atoms with van der Waals surface area (Å²) in [4.78, 5) is 4.25. The van der Waals surface area contributed by atoms with Crippen LogP contribution in [0.4, 0.5) is 0 Å². The topological polar surface area (TPSA) is 64.9 Å². The van der Waals surface area contributed by atoms with Gasteiger partial charge in [0.05, 0.1) is 22.5 Å². The minimum atomic E-state index is -0.184. The minimum Gasteiger partial charge on any atom is -0.339 e. The first kappa shape index (κ1) is 13.3. The van der Waals surface area contributed by atoms with Gasteiger partial charge in [-0.2, -0.15) is 4.98 Å². The van der Waals surface area contributed by atoms with Gasteiger partial charge in [0.1, 0.15) is 0 Å². The first-order chi connectivity index (χ1) is 8.60. The lowest BCUT2D eigenvalue weighted by Gasteiger charge is -2.00. The van der Waals surface area contributed by atoms with Crippen molar-refractivity contribution in [2.75, 3.05) is 0 Å². The molecule has 0 aliphatic carbocycles. The molecule has 0 radical (unpaired) electrons. The minimum absolute atomic E-state index is 0.184. The zero-order chi connectivity index (χ0) is 13.1. The summed E-state index contributed by atoms with van der Waals surface area (Å²) in [7, 11) is 0. The maximum atomic E-state index is 5.94. The smallest absolute Gasteiger partial charge is 0.231 e. The largest absolute Gasteiger partial charge is 0.339 e. The van der Waals surface area contributed by atoms with Gasteiger partial charge < -0.3 is 10.3 Å². The molecule has 2 N–H and O–H groups in total. The monoisotopic (exact) mass is 285 g/mol. The SMILES string of the molecule is CCC(N)c1noc(Cc2ccc(Cl)c(Cl)c2)n1. The molecule has 2 rings (SSSR count). The van der Waals surface area contributed by atoms with Crippen molar-refractivity contribution in [1.82, 2.24) is 10.1 Å². The Morgan fingerprint density at radius 2 is 2.11 bits per heavy atom. The van der Waals surface area contributed by atoms with E-state index in [4.69, 9.17) is 33.5 Å². The molecule has 18 heavy (non-hydrogen) atoms. The summed E-state index contributed by atoms with van der Waals surface area (Å²) in [6.45, 7) is 1.97. The van der Waals surface area contributed by atoms with Gasteiger partial charge >= 0.3 is 0 Å². The van der Waals surface area contributed by atoms with Gasteiger partial charge in [0.2, 0.25) is 5.89 Å². The lowest BCUT2D eigenvalue weighted by molar-refractivity contribution is 0.375. The van der Waals surface area contributed by atoms with E-state index in [2.05, 4.69) is 10.1 Å². The van der Waals surface area contributed by atoms with E-state index in [9.17, 15) is 0 Å². The normalized spacial score (nSPS) is 12.7. The molecule has 4 nitrogen and oxygen atoms in total. The fourth-order valence-electron chi connectivity index (χ4n) is 1.50. The highest BCUT2D eigenvalue weighted by Gasteiger charge is 2.13. The van der Waals surface area contributed by atoms with Crippen LogP contribution in [0.3, 0.4) is 0 Å². The lowest BCUT2D eigenvalue weighted by Crippen LogP contribution is -2.10. The van der Waals surface area contributed by atoms with Gasteiger partial charge in [-0.3, -0.25) is 0 Å². The number of nitrogens with zero attached hydrogens (tertiary/aromatic N) is 2. The van der Waals surface area contributed by atoms with E-state index in [1.54, 1.807) is 12.1 Å². The molecule has 1 atom stereocenters. The summed E-state index contributed by atoms with van der Waals surface area (Å²) in [5.74, 6) is 1.06. The number of benzene rings is 1. The third kappa shape index (κ3) is 3.02. The Kier molecular flexibility index (Phi) is 4.22. The molecule has 0 amide bonds. The van der Waals surface area contributed by atoms with Crippen LogP contribution in [-0.2, 0) is 6.42 Å². The van der Waals surface area contributed by atoms with E-state index in [0.29, 0.717) is 28.2 Å². The average Bonchev–Trinajstić information content (AvgIpc) is 2.81. The number of hydrogen-bond acceptors (Lipinski definition) is 4. The lowest BCUT2D eigenvalue weighted by atomic mass is 10.1. The number of nitrogens with two attached hydrogens (primary N) is 1. The molecule has 0 bridgehead atoms. The molecule has 1 aromatic heterocycles. The van der Waals surface area contributed by atoms with E-state index in [0.717, 1.165) is 12.0 Å². The average molecular weight is 286 g/mol. The summed E-state index contributed by atoms with van der Waals surface area (Å²) >= 11 is 11.8. The van der Waals surface area contributed by atoms with Crippen molar-refractivity contribution >= 4 is 23.2 Å². The molecule has 0 spiro atoms. The van der Waals surface area contributed by atoms with Crippen molar-refractivity contribution < 1.29 is 4.52 Å². The van der Waals surface area contributed by atoms with Crippen molar-refractivity contribution in [3.63, 3.8) is 0 Å². The van der Waals surface area contributed by atoms with E-state index in [-0.39, 0.29) is 6.04 Å². The standard InChI is InChI=1S/C12H13Cl2N3O/c1-2-10(15)12-16-11(18-17-12)6-7-3-4-8(13)9(14)5-7/h3-5,10H,2,6,15H2,1H3. The Morgan fingerprint density at radius 1 is 1.33 bits per heavy atom. The van der Waals surface area contributed by atoms with Crippen LogP contribution in [0.2, 0.25) is 10.0 Å². The molecule has 1 aromatic carbocycles. The molecule has 0 saturated heterocycles. The first-order valence-corrected chi connectivity index (χ1v) is 6.37. The van der Waals surface area contributed by atoms with Crippen LogP contribution in [0.5, 0.6) is 0 Å². The Morgan fingerprint density at radius 3 is 2.78 bits per heavy atom. The van der Waals surface area contributed by atoms with Gasteiger partial charge in [0.25, 0.3) is 0 Å². The van der Waals surface area contributed by atoms with Crippen LogP contribution >= 0.6 is 23.2 Å². The fourth-order valence-corrected chi connectivity index (χ4v) is 1.82. The number of hydrogen-bond donors (Lipinski definition) is 1. The molecule has 1 heterocycles. The van der Waals surface area contributed by atoms with Crippen LogP contribution in [-0.4, -0.2) is 10.1 Å². The third-order valence-electron chi connectivity index (χ3n) is 2.59. The fraction of sp³-hybridized carbons (Fsp3) is 0.333. The highest BCUT2D eigenvalue weighted by atomic mass is 35.5. The van der Waals surface area contributed by atoms with Crippen molar-refractivity contribution in [1.29, 1.82) is 0 Å². The Hall–Kier alpha value is -1.10. The van der Waals surface area contributed by atoms with Crippen LogP contribution < -0.4 is 5.73 Å². The Labute approximate surface area is 115 Å². The number of rotatable bonds is 4. The third-order valence-corrected chi connectivity index (χ3v) is 3.33. The second kappa shape index (κ2) is 5.69. The van der Waals surface area contributed by atoms with Crippen molar-refractivity contribution in [3.05, 3.63) is 45.5 Å². The highest BCUT2D eigenvalue weighted by molar-refractivity contribution is 6.42. The molecule has 2 aromatic rings. The zero-order valence-electron chi connectivity index (χ0n) is 9.86. The summed E-state index contributed by atoms with van der Waals surface area (Å²) in [5, 5.41) is 4.89. The zero-order valence-corrected chi connectivity index (χ0v) is 11.4. The van der Waals surface area contributed by atoms with Crippen LogP contribution in [0.25, 0.3) is 0 Å². The summed E-state index contributed by atoms with van der Waals surface area (Å²) < 4.78 is 5.14. The van der Waals surface area contributed by atoms with E-state index in [1.165, 1.54) is 0 Å². The predicted molar refractivity (Wildman–Crippen MR) is 70.8 cm³/mol. The van der Waals surface area contributed by atoms with Gasteiger partial charge in [0, 0.05) is 0 Å². The second-order valence-corrected chi connectivity index (χ2v) is 4.80. The number of halogens is 2. The summed E-state index contributed by atoms with van der Waals surface area (Å²) in [6.07, 6.45) is 1.28. The molecule has 96 valence electrons. The predicted octanol–water partition coefficient (Wildman–Crippen LogP) is 3.38. The van der Waals surface area contributed by atoms with Gasteiger partial charge in [-0.05, 0) is 24.1 Å². The first-order valence-electron chi connectivity index (χ1n) is 5.62. The van der Waals surface area contributed by atoms with E-state index in [1.807, 2.05) is 13.0 Å². The van der Waals surface area contributed by atoms with Gasteiger partial charge in [-0.25, -0.2) is 0 Å². The molecule has 0 saturated carbocycles. The quantitative estimate of drug-likeness (QED) is 0.935. The molecule has 0 aliphatic heterocycles. The Balaban J connectivity index is 2.13. The van der Waals surface area contributed by atoms with Gasteiger partial charge in [-0.1, -0.05) is 41.3 Å². The molecule has 0 aliphatic rings. The highest BCUT2D eigenvalue weighted by Crippen LogP contribution is 2.23.